The van der Waals surface area contributed by atoms with Crippen LogP contribution in [0.2, 0.25) is 0 Å². The van der Waals surface area contributed by atoms with Crippen molar-refractivity contribution >= 4 is 10.0 Å². The van der Waals surface area contributed by atoms with Gasteiger partial charge in [-0.15, -0.1) is 0 Å². The first kappa shape index (κ1) is 17.7. The number of hydrogen-bond donors (Lipinski definition) is 2. The van der Waals surface area contributed by atoms with Crippen LogP contribution in [0.5, 0.6) is 0 Å². The average Bonchev–Trinajstić information content (AvgIpc) is 2.29. The maximum Gasteiger partial charge on any atom is 0.401 e. The number of hydrogen-bond acceptors (Lipinski definition) is 4. The average molecular weight is 317 g/mol. The molecule has 0 saturated carbocycles. The van der Waals surface area contributed by atoms with E-state index < -0.39 is 22.7 Å². The van der Waals surface area contributed by atoms with E-state index in [4.69, 9.17) is 0 Å². The summed E-state index contributed by atoms with van der Waals surface area (Å²) in [6.07, 6.45) is -2.94. The fraction of sp³-hybridized carbons (Fsp3) is 1.00. The molecule has 0 aromatic heterocycles. The molecule has 9 heteroatoms. The zero-order valence-electron chi connectivity index (χ0n) is 11.5. The van der Waals surface area contributed by atoms with Crippen molar-refractivity contribution in [3.8, 4) is 0 Å². The summed E-state index contributed by atoms with van der Waals surface area (Å²) in [6.45, 7) is 2.29. The summed E-state index contributed by atoms with van der Waals surface area (Å²) < 4.78 is 61.8. The van der Waals surface area contributed by atoms with Crippen LogP contribution in [-0.2, 0) is 10.0 Å². The Hall–Kier alpha value is -0.380. The molecule has 0 aromatic carbocycles. The van der Waals surface area contributed by atoms with Crippen molar-refractivity contribution < 1.29 is 21.6 Å². The fourth-order valence-corrected chi connectivity index (χ4v) is 3.21. The van der Waals surface area contributed by atoms with Crippen molar-refractivity contribution in [2.75, 3.05) is 38.5 Å². The molecule has 1 aliphatic heterocycles. The summed E-state index contributed by atoms with van der Waals surface area (Å²) in [5.74, 6) is -0.0103. The molecule has 0 aromatic rings. The van der Waals surface area contributed by atoms with Crippen LogP contribution in [0.4, 0.5) is 13.2 Å². The molecule has 1 rings (SSSR count). The molecule has 120 valence electrons. The van der Waals surface area contributed by atoms with Crippen LogP contribution in [0.15, 0.2) is 0 Å². The van der Waals surface area contributed by atoms with Crippen molar-refractivity contribution in [3.63, 3.8) is 0 Å². The predicted octanol–water partition coefficient (Wildman–Crippen LogP) is 0.542. The first-order chi connectivity index (χ1) is 9.22. The number of alkyl halides is 3. The minimum absolute atomic E-state index is 0.0103. The monoisotopic (exact) mass is 317 g/mol. The molecule has 20 heavy (non-hydrogen) atoms. The van der Waals surface area contributed by atoms with Crippen molar-refractivity contribution in [2.45, 2.75) is 32.0 Å². The van der Waals surface area contributed by atoms with E-state index in [0.29, 0.717) is 39.0 Å². The van der Waals surface area contributed by atoms with Crippen LogP contribution in [0.25, 0.3) is 0 Å². The van der Waals surface area contributed by atoms with Gasteiger partial charge in [-0.2, -0.15) is 13.2 Å². The maximum absolute atomic E-state index is 12.2. The Balaban J connectivity index is 2.20. The van der Waals surface area contributed by atoms with Crippen molar-refractivity contribution in [1.29, 1.82) is 0 Å². The predicted molar refractivity (Wildman–Crippen MR) is 71.0 cm³/mol. The zero-order valence-corrected chi connectivity index (χ0v) is 12.4. The van der Waals surface area contributed by atoms with Crippen LogP contribution < -0.4 is 10.0 Å². The Morgan fingerprint density at radius 3 is 2.35 bits per heavy atom. The number of piperidine rings is 1. The minimum atomic E-state index is -4.15. The van der Waals surface area contributed by atoms with Gasteiger partial charge in [0.1, 0.15) is 0 Å². The Morgan fingerprint density at radius 1 is 1.25 bits per heavy atom. The van der Waals surface area contributed by atoms with E-state index in [9.17, 15) is 21.6 Å². The Labute approximate surface area is 117 Å². The van der Waals surface area contributed by atoms with Gasteiger partial charge in [0.2, 0.25) is 10.0 Å². The van der Waals surface area contributed by atoms with Crippen molar-refractivity contribution in [1.82, 2.24) is 14.9 Å². The quantitative estimate of drug-likeness (QED) is 0.720. The highest BCUT2D eigenvalue weighted by Crippen LogP contribution is 2.19. The van der Waals surface area contributed by atoms with Gasteiger partial charge in [0.05, 0.1) is 12.3 Å². The number of sulfonamides is 1. The highest BCUT2D eigenvalue weighted by molar-refractivity contribution is 7.89. The van der Waals surface area contributed by atoms with E-state index in [0.717, 1.165) is 0 Å². The topological polar surface area (TPSA) is 61.4 Å². The van der Waals surface area contributed by atoms with Crippen LogP contribution >= 0.6 is 0 Å². The second kappa shape index (κ2) is 7.58. The van der Waals surface area contributed by atoms with Crippen LogP contribution in [0, 0.1) is 0 Å². The number of nitrogens with zero attached hydrogens (tertiary/aromatic N) is 1. The summed E-state index contributed by atoms with van der Waals surface area (Å²) >= 11 is 0. The van der Waals surface area contributed by atoms with Crippen LogP contribution in [-0.4, -0.2) is 64.0 Å². The van der Waals surface area contributed by atoms with E-state index in [-0.39, 0.29) is 11.8 Å². The smallest absolute Gasteiger partial charge is 0.313 e. The second-order valence-electron chi connectivity index (χ2n) is 4.94. The van der Waals surface area contributed by atoms with E-state index in [1.165, 1.54) is 4.90 Å². The summed E-state index contributed by atoms with van der Waals surface area (Å²) in [5, 5.41) is 3.09. The molecule has 0 amide bonds. The zero-order chi connectivity index (χ0) is 15.2. The highest BCUT2D eigenvalue weighted by atomic mass is 32.2. The van der Waals surface area contributed by atoms with E-state index in [1.54, 1.807) is 6.92 Å². The first-order valence-electron chi connectivity index (χ1n) is 6.71. The molecular weight excluding hydrogens is 295 g/mol. The van der Waals surface area contributed by atoms with Gasteiger partial charge in [0.15, 0.2) is 0 Å². The lowest BCUT2D eigenvalue weighted by Crippen LogP contribution is -2.46. The summed E-state index contributed by atoms with van der Waals surface area (Å²) in [7, 11) is -3.24. The lowest BCUT2D eigenvalue weighted by molar-refractivity contribution is -0.148. The second-order valence-corrected chi connectivity index (χ2v) is 6.86. The molecule has 0 unspecified atom stereocenters. The minimum Gasteiger partial charge on any atom is -0.313 e. The molecule has 1 fully saturated rings. The van der Waals surface area contributed by atoms with Crippen LogP contribution in [0.3, 0.4) is 0 Å². The van der Waals surface area contributed by atoms with Gasteiger partial charge in [0.25, 0.3) is 0 Å². The maximum atomic E-state index is 12.2. The van der Waals surface area contributed by atoms with Gasteiger partial charge in [0, 0.05) is 19.1 Å². The Kier molecular flexibility index (Phi) is 6.70. The number of nitrogens with one attached hydrogen (secondary N) is 2. The normalized spacial score (nSPS) is 19.4. The van der Waals surface area contributed by atoms with Crippen molar-refractivity contribution in [2.24, 2.45) is 0 Å². The van der Waals surface area contributed by atoms with Gasteiger partial charge < -0.3 is 5.32 Å². The van der Waals surface area contributed by atoms with E-state index in [2.05, 4.69) is 10.0 Å². The van der Waals surface area contributed by atoms with Gasteiger partial charge in [-0.1, -0.05) is 6.92 Å². The third-order valence-electron chi connectivity index (χ3n) is 3.16. The van der Waals surface area contributed by atoms with E-state index >= 15 is 0 Å². The number of halogens is 3. The first-order valence-corrected chi connectivity index (χ1v) is 8.37. The molecule has 1 heterocycles. The third-order valence-corrected chi connectivity index (χ3v) is 4.63. The van der Waals surface area contributed by atoms with Gasteiger partial charge in [-0.3, -0.25) is 4.90 Å². The van der Waals surface area contributed by atoms with Gasteiger partial charge in [-0.05, 0) is 25.9 Å². The van der Waals surface area contributed by atoms with Crippen LogP contribution in [0.1, 0.15) is 19.8 Å². The summed E-state index contributed by atoms with van der Waals surface area (Å²) in [6, 6.07) is 0.0938. The summed E-state index contributed by atoms with van der Waals surface area (Å²) in [4.78, 5) is 1.38. The molecular formula is C11H22F3N3O2S. The number of likely N-dealkylation sites (tertiary alicyclic amines) is 1. The van der Waals surface area contributed by atoms with E-state index in [1.807, 2.05) is 0 Å². The van der Waals surface area contributed by atoms with Crippen molar-refractivity contribution in [3.05, 3.63) is 0 Å². The molecule has 1 saturated heterocycles. The SMILES string of the molecule is CCNS(=O)(=O)CCNC1CCN(CC(F)(F)F)CC1. The largest absolute Gasteiger partial charge is 0.401 e. The summed E-state index contributed by atoms with van der Waals surface area (Å²) in [5.41, 5.74) is 0. The molecule has 0 spiro atoms. The fourth-order valence-electron chi connectivity index (χ4n) is 2.24. The number of rotatable bonds is 7. The molecule has 0 atom stereocenters. The lowest BCUT2D eigenvalue weighted by Gasteiger charge is -2.32. The molecule has 5 nitrogen and oxygen atoms in total. The van der Waals surface area contributed by atoms with Gasteiger partial charge >= 0.3 is 6.18 Å². The molecule has 1 aliphatic rings. The van der Waals surface area contributed by atoms with Gasteiger partial charge in [-0.25, -0.2) is 13.1 Å². The highest BCUT2D eigenvalue weighted by Gasteiger charge is 2.32. The Morgan fingerprint density at radius 2 is 1.85 bits per heavy atom. The lowest BCUT2D eigenvalue weighted by atomic mass is 10.1. The molecule has 0 radical (unpaired) electrons. The molecule has 2 N–H and O–H groups in total. The third kappa shape index (κ3) is 7.41. The molecule has 0 aliphatic carbocycles. The molecule has 0 bridgehead atoms. The Bertz CT molecular complexity index is 379. The standard InChI is InChI=1S/C11H22F3N3O2S/c1-2-16-20(18,19)8-5-15-10-3-6-17(7-4-10)9-11(12,13)14/h10,15-16H,2-9H2,1H3.